The second-order valence-corrected chi connectivity index (χ2v) is 5.12. The normalized spacial score (nSPS) is 29.2. The van der Waals surface area contributed by atoms with Gasteiger partial charge in [0.05, 0.1) is 6.10 Å². The van der Waals surface area contributed by atoms with Crippen LogP contribution < -0.4 is 10.6 Å². The summed E-state index contributed by atoms with van der Waals surface area (Å²) < 4.78 is 5.58. The first-order valence-electron chi connectivity index (χ1n) is 6.96. The maximum Gasteiger partial charge on any atom is 0.220 e. The first-order valence-corrected chi connectivity index (χ1v) is 6.96. The van der Waals surface area contributed by atoms with Gasteiger partial charge in [0.1, 0.15) is 0 Å². The molecule has 0 aromatic rings. The lowest BCUT2D eigenvalue weighted by molar-refractivity contribution is -0.122. The molecule has 4 nitrogen and oxygen atoms in total. The molecular weight excluding hydrogens is 216 g/mol. The summed E-state index contributed by atoms with van der Waals surface area (Å²) in [5.41, 5.74) is 0. The molecule has 0 aromatic heterocycles. The molecule has 2 unspecified atom stereocenters. The molecular formula is C13H24N2O2. The Morgan fingerprint density at radius 2 is 2.24 bits per heavy atom. The van der Waals surface area contributed by atoms with E-state index in [0.717, 1.165) is 32.4 Å². The Balaban J connectivity index is 1.53. The number of ether oxygens (including phenoxy) is 1. The fraction of sp³-hybridized carbons (Fsp3) is 0.923. The third kappa shape index (κ3) is 4.64. The molecule has 98 valence electrons. The van der Waals surface area contributed by atoms with Crippen LogP contribution in [0.25, 0.3) is 0 Å². The van der Waals surface area contributed by atoms with Crippen LogP contribution in [0.4, 0.5) is 0 Å². The number of carbonyl (C=O) groups is 1. The van der Waals surface area contributed by atoms with Crippen LogP contribution >= 0.6 is 0 Å². The summed E-state index contributed by atoms with van der Waals surface area (Å²) in [6.07, 6.45) is 7.81. The van der Waals surface area contributed by atoms with E-state index in [2.05, 4.69) is 10.6 Å². The molecule has 17 heavy (non-hydrogen) atoms. The average molecular weight is 240 g/mol. The number of amides is 1. The van der Waals surface area contributed by atoms with E-state index in [9.17, 15) is 4.79 Å². The Morgan fingerprint density at radius 1 is 1.29 bits per heavy atom. The van der Waals surface area contributed by atoms with Crippen molar-refractivity contribution in [1.29, 1.82) is 0 Å². The lowest BCUT2D eigenvalue weighted by atomic mass is 10.1. The van der Waals surface area contributed by atoms with Gasteiger partial charge in [-0.05, 0) is 45.1 Å². The summed E-state index contributed by atoms with van der Waals surface area (Å²) in [4.78, 5) is 11.6. The third-order valence-electron chi connectivity index (χ3n) is 3.68. The second-order valence-electron chi connectivity index (χ2n) is 5.12. The molecule has 0 aliphatic carbocycles. The summed E-state index contributed by atoms with van der Waals surface area (Å²) in [5, 5.41) is 6.40. The molecule has 0 bridgehead atoms. The van der Waals surface area contributed by atoms with Crippen LogP contribution in [0.15, 0.2) is 0 Å². The van der Waals surface area contributed by atoms with Crippen molar-refractivity contribution in [1.82, 2.24) is 10.6 Å². The maximum atomic E-state index is 11.6. The Kier molecular flexibility index (Phi) is 5.26. The average Bonchev–Trinajstić information content (AvgIpc) is 2.88. The van der Waals surface area contributed by atoms with E-state index in [1.54, 1.807) is 0 Å². The van der Waals surface area contributed by atoms with Gasteiger partial charge in [0.2, 0.25) is 5.91 Å². The smallest absolute Gasteiger partial charge is 0.220 e. The fourth-order valence-electron chi connectivity index (χ4n) is 2.59. The van der Waals surface area contributed by atoms with Gasteiger partial charge >= 0.3 is 0 Å². The zero-order chi connectivity index (χ0) is 11.9. The van der Waals surface area contributed by atoms with Gasteiger partial charge in [0.25, 0.3) is 0 Å². The molecule has 2 atom stereocenters. The van der Waals surface area contributed by atoms with Crippen LogP contribution in [0.2, 0.25) is 0 Å². The van der Waals surface area contributed by atoms with E-state index >= 15 is 0 Å². The number of carbonyl (C=O) groups excluding carboxylic acids is 1. The summed E-state index contributed by atoms with van der Waals surface area (Å²) in [6.45, 7) is 2.66. The van der Waals surface area contributed by atoms with Crippen molar-refractivity contribution in [3.05, 3.63) is 0 Å². The molecule has 0 spiro atoms. The van der Waals surface area contributed by atoms with E-state index in [1.807, 2.05) is 0 Å². The molecule has 0 aromatic carbocycles. The minimum atomic E-state index is 0.174. The third-order valence-corrected chi connectivity index (χ3v) is 3.68. The van der Waals surface area contributed by atoms with Crippen LogP contribution in [0.5, 0.6) is 0 Å². The van der Waals surface area contributed by atoms with Crippen LogP contribution in [-0.2, 0) is 9.53 Å². The highest BCUT2D eigenvalue weighted by Crippen LogP contribution is 2.12. The highest BCUT2D eigenvalue weighted by Gasteiger charge is 2.17. The molecule has 2 saturated heterocycles. The number of rotatable bonds is 5. The summed E-state index contributed by atoms with van der Waals surface area (Å²) in [6, 6.07) is 0.562. The second kappa shape index (κ2) is 6.97. The van der Waals surface area contributed by atoms with Crippen LogP contribution in [0.1, 0.15) is 44.9 Å². The molecule has 2 fully saturated rings. The summed E-state index contributed by atoms with van der Waals surface area (Å²) in [7, 11) is 0. The Morgan fingerprint density at radius 3 is 2.94 bits per heavy atom. The minimum absolute atomic E-state index is 0.174. The quantitative estimate of drug-likeness (QED) is 0.759. The monoisotopic (exact) mass is 240 g/mol. The van der Waals surface area contributed by atoms with Gasteiger partial charge in [-0.3, -0.25) is 4.79 Å². The Bertz CT molecular complexity index is 234. The van der Waals surface area contributed by atoms with E-state index in [0.29, 0.717) is 19.0 Å². The molecule has 0 saturated carbocycles. The summed E-state index contributed by atoms with van der Waals surface area (Å²) in [5.74, 6) is 0.174. The van der Waals surface area contributed by atoms with Gasteiger partial charge in [-0.15, -0.1) is 0 Å². The van der Waals surface area contributed by atoms with Crippen molar-refractivity contribution in [3.8, 4) is 0 Å². The van der Waals surface area contributed by atoms with Crippen LogP contribution in [-0.4, -0.2) is 37.7 Å². The molecule has 4 heteroatoms. The lowest BCUT2D eigenvalue weighted by Crippen LogP contribution is -2.36. The highest BCUT2D eigenvalue weighted by molar-refractivity contribution is 5.75. The predicted octanol–water partition coefficient (Wildman–Crippen LogP) is 1.20. The zero-order valence-corrected chi connectivity index (χ0v) is 10.5. The zero-order valence-electron chi connectivity index (χ0n) is 10.5. The van der Waals surface area contributed by atoms with Gasteiger partial charge in [-0.25, -0.2) is 0 Å². The van der Waals surface area contributed by atoms with Crippen LogP contribution in [0.3, 0.4) is 0 Å². The number of nitrogens with one attached hydrogen (secondary N) is 2. The Labute approximate surface area is 103 Å². The standard InChI is InChI=1S/C13H24N2O2/c16-13(7-6-11-4-3-8-14-11)15-10-12-5-1-2-9-17-12/h11-12,14H,1-10H2,(H,15,16). The van der Waals surface area contributed by atoms with Crippen molar-refractivity contribution in [2.75, 3.05) is 19.7 Å². The first kappa shape index (κ1) is 12.8. The van der Waals surface area contributed by atoms with Crippen molar-refractivity contribution in [3.63, 3.8) is 0 Å². The number of hydrogen-bond acceptors (Lipinski definition) is 3. The Hall–Kier alpha value is -0.610. The maximum absolute atomic E-state index is 11.6. The van der Waals surface area contributed by atoms with Crippen LogP contribution in [0, 0.1) is 0 Å². The van der Waals surface area contributed by atoms with Crippen molar-refractivity contribution >= 4 is 5.91 Å². The topological polar surface area (TPSA) is 50.4 Å². The van der Waals surface area contributed by atoms with Gasteiger partial charge in [0.15, 0.2) is 0 Å². The minimum Gasteiger partial charge on any atom is -0.376 e. The van der Waals surface area contributed by atoms with Gasteiger partial charge in [-0.2, -0.15) is 0 Å². The van der Waals surface area contributed by atoms with E-state index in [1.165, 1.54) is 19.3 Å². The molecule has 0 radical (unpaired) electrons. The SMILES string of the molecule is O=C(CCC1CCCN1)NCC1CCCCO1. The molecule has 2 heterocycles. The van der Waals surface area contributed by atoms with Crippen molar-refractivity contribution in [2.45, 2.75) is 57.1 Å². The fourth-order valence-corrected chi connectivity index (χ4v) is 2.59. The largest absolute Gasteiger partial charge is 0.376 e. The molecule has 2 aliphatic heterocycles. The van der Waals surface area contributed by atoms with Crippen molar-refractivity contribution in [2.24, 2.45) is 0 Å². The molecule has 2 aliphatic rings. The van der Waals surface area contributed by atoms with E-state index in [-0.39, 0.29) is 12.0 Å². The molecule has 1 amide bonds. The van der Waals surface area contributed by atoms with Gasteiger partial charge in [-0.1, -0.05) is 0 Å². The van der Waals surface area contributed by atoms with Gasteiger partial charge in [0, 0.05) is 25.6 Å². The lowest BCUT2D eigenvalue weighted by Gasteiger charge is -2.22. The van der Waals surface area contributed by atoms with E-state index < -0.39 is 0 Å². The molecule has 2 N–H and O–H groups in total. The summed E-state index contributed by atoms with van der Waals surface area (Å²) >= 11 is 0. The predicted molar refractivity (Wildman–Crippen MR) is 66.9 cm³/mol. The highest BCUT2D eigenvalue weighted by atomic mass is 16.5. The molecule has 2 rings (SSSR count). The first-order chi connectivity index (χ1) is 8.34. The van der Waals surface area contributed by atoms with E-state index in [4.69, 9.17) is 4.74 Å². The number of hydrogen-bond donors (Lipinski definition) is 2. The van der Waals surface area contributed by atoms with Gasteiger partial charge < -0.3 is 15.4 Å². The van der Waals surface area contributed by atoms with Crippen molar-refractivity contribution < 1.29 is 9.53 Å².